The lowest BCUT2D eigenvalue weighted by atomic mass is 10.1. The molecule has 0 aliphatic heterocycles. The molecular weight excluding hydrogens is 451 g/mol. The van der Waals surface area contributed by atoms with Crippen molar-refractivity contribution in [2.24, 2.45) is 12.0 Å². The smallest absolute Gasteiger partial charge is 0.191 e. The van der Waals surface area contributed by atoms with Gasteiger partial charge in [0.15, 0.2) is 5.96 Å². The van der Waals surface area contributed by atoms with Gasteiger partial charge in [0.05, 0.1) is 5.69 Å². The van der Waals surface area contributed by atoms with Crippen molar-refractivity contribution in [3.05, 3.63) is 17.0 Å². The topological polar surface area (TPSA) is 57.5 Å². The molecule has 7 heteroatoms. The Balaban J connectivity index is 0.00000676. The van der Waals surface area contributed by atoms with Gasteiger partial charge in [0.25, 0.3) is 0 Å². The fourth-order valence-electron chi connectivity index (χ4n) is 3.38. The van der Waals surface area contributed by atoms with Gasteiger partial charge in [0, 0.05) is 32.4 Å². The molecule has 6 nitrogen and oxygen atoms in total. The average molecular weight is 492 g/mol. The molecule has 0 aliphatic carbocycles. The Kier molecular flexibility index (Phi) is 13.8. The Morgan fingerprint density at radius 2 is 1.81 bits per heavy atom. The van der Waals surface area contributed by atoms with Crippen molar-refractivity contribution in [2.45, 2.75) is 66.3 Å². The van der Waals surface area contributed by atoms with E-state index in [1.807, 2.05) is 18.8 Å². The second kappa shape index (κ2) is 14.2. The minimum atomic E-state index is 0. The number of aryl methyl sites for hydroxylation is 2. The molecule has 0 aromatic carbocycles. The Morgan fingerprint density at radius 1 is 1.19 bits per heavy atom. The molecule has 1 rings (SSSR count). The lowest BCUT2D eigenvalue weighted by Crippen LogP contribution is -2.44. The predicted molar refractivity (Wildman–Crippen MR) is 127 cm³/mol. The second-order valence-corrected chi connectivity index (χ2v) is 7.22. The molecule has 0 fully saturated rings. The van der Waals surface area contributed by atoms with E-state index < -0.39 is 0 Å². The maximum absolute atomic E-state index is 4.51. The lowest BCUT2D eigenvalue weighted by molar-refractivity contribution is 0.271. The molecule has 0 aliphatic rings. The van der Waals surface area contributed by atoms with E-state index >= 15 is 0 Å². The van der Waals surface area contributed by atoms with E-state index in [1.54, 1.807) is 0 Å². The fourth-order valence-corrected chi connectivity index (χ4v) is 3.38. The molecule has 0 bridgehead atoms. The molecule has 158 valence electrons. The second-order valence-electron chi connectivity index (χ2n) is 7.22. The van der Waals surface area contributed by atoms with Crippen LogP contribution in [0.5, 0.6) is 0 Å². The first-order valence-electron chi connectivity index (χ1n) is 10.1. The van der Waals surface area contributed by atoms with Crippen LogP contribution in [-0.4, -0.2) is 59.9 Å². The molecule has 0 amide bonds. The van der Waals surface area contributed by atoms with E-state index in [0.717, 1.165) is 37.6 Å². The summed E-state index contributed by atoms with van der Waals surface area (Å²) in [4.78, 5) is 6.92. The van der Waals surface area contributed by atoms with Crippen molar-refractivity contribution in [3.63, 3.8) is 0 Å². The summed E-state index contributed by atoms with van der Waals surface area (Å²) in [6.07, 6.45) is 4.53. The van der Waals surface area contributed by atoms with Crippen molar-refractivity contribution in [2.75, 3.05) is 33.2 Å². The summed E-state index contributed by atoms with van der Waals surface area (Å²) in [7, 11) is 3.84. The van der Waals surface area contributed by atoms with Gasteiger partial charge in [-0.15, -0.1) is 24.0 Å². The molecule has 2 N–H and O–H groups in total. The third-order valence-electron chi connectivity index (χ3n) is 4.80. The van der Waals surface area contributed by atoms with Gasteiger partial charge in [-0.05, 0) is 71.7 Å². The minimum absolute atomic E-state index is 0. The van der Waals surface area contributed by atoms with Crippen LogP contribution in [0.3, 0.4) is 0 Å². The van der Waals surface area contributed by atoms with Crippen molar-refractivity contribution < 1.29 is 0 Å². The van der Waals surface area contributed by atoms with Crippen molar-refractivity contribution in [1.29, 1.82) is 0 Å². The van der Waals surface area contributed by atoms with Crippen molar-refractivity contribution >= 4 is 29.9 Å². The molecule has 0 spiro atoms. The molecule has 0 radical (unpaired) electrons. The van der Waals surface area contributed by atoms with Gasteiger partial charge in [-0.3, -0.25) is 9.67 Å². The van der Waals surface area contributed by atoms with E-state index in [4.69, 9.17) is 0 Å². The van der Waals surface area contributed by atoms with Crippen LogP contribution >= 0.6 is 24.0 Å². The number of rotatable bonds is 11. The highest BCUT2D eigenvalue weighted by Crippen LogP contribution is 2.14. The van der Waals surface area contributed by atoms with Gasteiger partial charge in [0.2, 0.25) is 0 Å². The maximum Gasteiger partial charge on any atom is 0.191 e. The van der Waals surface area contributed by atoms with Crippen LogP contribution in [0.1, 0.15) is 57.0 Å². The largest absolute Gasteiger partial charge is 0.356 e. The summed E-state index contributed by atoms with van der Waals surface area (Å²) >= 11 is 0. The van der Waals surface area contributed by atoms with Crippen LogP contribution in [0.2, 0.25) is 0 Å². The number of nitrogens with zero attached hydrogens (tertiary/aromatic N) is 4. The number of halogens is 1. The van der Waals surface area contributed by atoms with E-state index in [0.29, 0.717) is 6.04 Å². The van der Waals surface area contributed by atoms with Crippen LogP contribution in [0, 0.1) is 13.8 Å². The first-order chi connectivity index (χ1) is 12.4. The molecule has 1 aromatic rings. The number of aromatic nitrogens is 2. The van der Waals surface area contributed by atoms with Gasteiger partial charge in [-0.1, -0.05) is 13.8 Å². The van der Waals surface area contributed by atoms with E-state index in [-0.39, 0.29) is 24.0 Å². The number of aliphatic imine (C=N–C) groups is 1. The Labute approximate surface area is 183 Å². The summed E-state index contributed by atoms with van der Waals surface area (Å²) in [6.45, 7) is 15.4. The van der Waals surface area contributed by atoms with Gasteiger partial charge in [0.1, 0.15) is 0 Å². The predicted octanol–water partition coefficient (Wildman–Crippen LogP) is 3.26. The van der Waals surface area contributed by atoms with Gasteiger partial charge in [-0.25, -0.2) is 0 Å². The molecule has 1 aromatic heterocycles. The third kappa shape index (κ3) is 9.27. The molecule has 0 saturated carbocycles. The summed E-state index contributed by atoms with van der Waals surface area (Å²) in [6, 6.07) is 0.305. The highest BCUT2D eigenvalue weighted by Gasteiger charge is 2.14. The summed E-state index contributed by atoms with van der Waals surface area (Å²) in [5.41, 5.74) is 3.69. The maximum atomic E-state index is 4.51. The van der Waals surface area contributed by atoms with E-state index in [9.17, 15) is 0 Å². The monoisotopic (exact) mass is 492 g/mol. The van der Waals surface area contributed by atoms with E-state index in [1.165, 1.54) is 37.2 Å². The van der Waals surface area contributed by atoms with Gasteiger partial charge in [-0.2, -0.15) is 5.10 Å². The first kappa shape index (κ1) is 26.2. The number of hydrogen-bond acceptors (Lipinski definition) is 3. The molecule has 1 heterocycles. The number of nitrogens with one attached hydrogen (secondary N) is 2. The van der Waals surface area contributed by atoms with Crippen LogP contribution in [-0.2, 0) is 13.5 Å². The SMILES string of the molecule is CCCN(CCC)CCCNC(=NC)NC(C)Cc1c(C)nn(C)c1C.I. The van der Waals surface area contributed by atoms with Crippen LogP contribution in [0.15, 0.2) is 4.99 Å². The minimum Gasteiger partial charge on any atom is -0.356 e. The summed E-state index contributed by atoms with van der Waals surface area (Å²) < 4.78 is 1.96. The van der Waals surface area contributed by atoms with Crippen molar-refractivity contribution in [1.82, 2.24) is 25.3 Å². The fraction of sp³-hybridized carbons (Fsp3) is 0.800. The van der Waals surface area contributed by atoms with Gasteiger partial charge >= 0.3 is 0 Å². The van der Waals surface area contributed by atoms with Crippen LogP contribution in [0.25, 0.3) is 0 Å². The Hall–Kier alpha value is -0.830. The Morgan fingerprint density at radius 3 is 2.30 bits per heavy atom. The highest BCUT2D eigenvalue weighted by molar-refractivity contribution is 14.0. The summed E-state index contributed by atoms with van der Waals surface area (Å²) in [5, 5.41) is 11.5. The Bertz CT molecular complexity index is 549. The van der Waals surface area contributed by atoms with Crippen LogP contribution < -0.4 is 10.6 Å². The third-order valence-corrected chi connectivity index (χ3v) is 4.80. The average Bonchev–Trinajstić information content (AvgIpc) is 2.84. The normalized spacial score (nSPS) is 12.8. The van der Waals surface area contributed by atoms with Gasteiger partial charge < -0.3 is 15.5 Å². The zero-order valence-corrected chi connectivity index (χ0v) is 20.8. The zero-order chi connectivity index (χ0) is 19.5. The zero-order valence-electron chi connectivity index (χ0n) is 18.4. The molecule has 0 saturated heterocycles. The number of guanidine groups is 1. The number of hydrogen-bond donors (Lipinski definition) is 2. The highest BCUT2D eigenvalue weighted by atomic mass is 127. The molecule has 27 heavy (non-hydrogen) atoms. The quantitative estimate of drug-likeness (QED) is 0.216. The first-order valence-corrected chi connectivity index (χ1v) is 10.1. The summed E-state index contributed by atoms with van der Waals surface area (Å²) in [5.74, 6) is 0.884. The van der Waals surface area contributed by atoms with E-state index in [2.05, 4.69) is 60.2 Å². The van der Waals surface area contributed by atoms with Crippen LogP contribution in [0.4, 0.5) is 0 Å². The standard InChI is InChI=1S/C20H40N6.HI/c1-8-12-26(13-9-2)14-10-11-22-20(21-6)23-16(3)15-19-17(4)24-25(7)18(19)5;/h16H,8-15H2,1-7H3,(H2,21,22,23);1H. The lowest BCUT2D eigenvalue weighted by Gasteiger charge is -2.22. The molecule has 1 atom stereocenters. The molecular formula is C20H41IN6. The van der Waals surface area contributed by atoms with Crippen molar-refractivity contribution in [3.8, 4) is 0 Å². The molecule has 1 unspecified atom stereocenters.